The maximum atomic E-state index is 13.3. The van der Waals surface area contributed by atoms with Crippen LogP contribution in [0.25, 0.3) is 10.9 Å². The van der Waals surface area contributed by atoms with Crippen molar-refractivity contribution in [1.29, 1.82) is 0 Å². The van der Waals surface area contributed by atoms with Crippen LogP contribution in [0.15, 0.2) is 69.0 Å². The van der Waals surface area contributed by atoms with Crippen molar-refractivity contribution in [2.45, 2.75) is 26.4 Å². The molecule has 4 rings (SSSR count). The van der Waals surface area contributed by atoms with Gasteiger partial charge in [-0.3, -0.25) is 25.0 Å². The Bertz CT molecular complexity index is 1670. The Labute approximate surface area is 228 Å². The van der Waals surface area contributed by atoms with Gasteiger partial charge < -0.3 is 4.74 Å². The van der Waals surface area contributed by atoms with E-state index in [1.54, 1.807) is 24.3 Å². The molecule has 0 saturated heterocycles. The van der Waals surface area contributed by atoms with E-state index in [0.29, 0.717) is 26.8 Å². The summed E-state index contributed by atoms with van der Waals surface area (Å²) in [6.45, 7) is 3.51. The maximum Gasteiger partial charge on any atom is 0.313 e. The van der Waals surface area contributed by atoms with Gasteiger partial charge in [0.25, 0.3) is 11.2 Å². The summed E-state index contributed by atoms with van der Waals surface area (Å²) >= 11 is 9.50. The van der Waals surface area contributed by atoms with Gasteiger partial charge in [-0.2, -0.15) is 9.78 Å². The molecular weight excluding hydrogens is 582 g/mol. The molecule has 4 aromatic rings. The Balaban J connectivity index is 1.81. The number of hydrogen-bond acceptors (Lipinski definition) is 8. The summed E-state index contributed by atoms with van der Waals surface area (Å²) < 4.78 is 7.59. The van der Waals surface area contributed by atoms with E-state index in [1.807, 2.05) is 13.8 Å². The molecule has 1 heterocycles. The number of ether oxygens (including phenoxy) is 1. The zero-order chi connectivity index (χ0) is 27.6. The first kappa shape index (κ1) is 26.9. The molecule has 0 bridgehead atoms. The van der Waals surface area contributed by atoms with Crippen LogP contribution in [0.3, 0.4) is 0 Å². The third kappa shape index (κ3) is 5.71. The lowest BCUT2D eigenvalue weighted by atomic mass is 10.1. The highest BCUT2D eigenvalue weighted by atomic mass is 79.9. The van der Waals surface area contributed by atoms with E-state index in [-0.39, 0.29) is 34.5 Å². The summed E-state index contributed by atoms with van der Waals surface area (Å²) in [7, 11) is 0. The fourth-order valence-electron chi connectivity index (χ4n) is 3.68. The zero-order valence-corrected chi connectivity index (χ0v) is 22.3. The first-order valence-electron chi connectivity index (χ1n) is 11.2. The van der Waals surface area contributed by atoms with Crippen LogP contribution >= 0.6 is 27.5 Å². The molecule has 3 aromatic carbocycles. The molecule has 0 spiro atoms. The number of nitrogens with zero attached hydrogens (tertiary/aromatic N) is 5. The van der Waals surface area contributed by atoms with Crippen molar-refractivity contribution in [3.8, 4) is 5.75 Å². The predicted octanol–water partition coefficient (Wildman–Crippen LogP) is 6.21. The maximum absolute atomic E-state index is 13.3. The van der Waals surface area contributed by atoms with Crippen LogP contribution in [0.2, 0.25) is 5.02 Å². The highest BCUT2D eigenvalue weighted by molar-refractivity contribution is 9.10. The van der Waals surface area contributed by atoms with Crippen LogP contribution in [-0.2, 0) is 6.61 Å². The van der Waals surface area contributed by atoms with Crippen molar-refractivity contribution in [3.63, 3.8) is 0 Å². The molecule has 13 heteroatoms. The average molecular weight is 601 g/mol. The lowest BCUT2D eigenvalue weighted by Crippen LogP contribution is -2.23. The smallest absolute Gasteiger partial charge is 0.313 e. The van der Waals surface area contributed by atoms with E-state index in [0.717, 1.165) is 10.7 Å². The second kappa shape index (κ2) is 11.1. The van der Waals surface area contributed by atoms with Crippen molar-refractivity contribution < 1.29 is 14.6 Å². The molecule has 0 atom stereocenters. The molecule has 11 nitrogen and oxygen atoms in total. The van der Waals surface area contributed by atoms with Gasteiger partial charge in [-0.05, 0) is 29.8 Å². The first-order chi connectivity index (χ1) is 18.0. The summed E-state index contributed by atoms with van der Waals surface area (Å²) in [5, 5.41) is 27.6. The molecule has 0 N–H and O–H groups in total. The van der Waals surface area contributed by atoms with Crippen LogP contribution in [0.1, 0.15) is 36.7 Å². The van der Waals surface area contributed by atoms with Crippen LogP contribution in [0.4, 0.5) is 11.4 Å². The summed E-state index contributed by atoms with van der Waals surface area (Å²) in [6, 6.07) is 13.4. The van der Waals surface area contributed by atoms with Gasteiger partial charge in [0.05, 0.1) is 27.0 Å². The molecule has 0 unspecified atom stereocenters. The van der Waals surface area contributed by atoms with E-state index in [9.17, 15) is 25.0 Å². The normalized spacial score (nSPS) is 11.4. The Morgan fingerprint density at radius 3 is 2.58 bits per heavy atom. The molecule has 0 aliphatic carbocycles. The summed E-state index contributed by atoms with van der Waals surface area (Å²) in [4.78, 5) is 39.6. The van der Waals surface area contributed by atoms with Crippen molar-refractivity contribution in [3.05, 3.63) is 112 Å². The van der Waals surface area contributed by atoms with Crippen LogP contribution in [0.5, 0.6) is 5.75 Å². The number of halogens is 2. The van der Waals surface area contributed by atoms with Crippen molar-refractivity contribution in [1.82, 2.24) is 9.66 Å². The fourth-order valence-corrected chi connectivity index (χ4v) is 4.26. The zero-order valence-electron chi connectivity index (χ0n) is 20.0. The van der Waals surface area contributed by atoms with Gasteiger partial charge in [0, 0.05) is 39.2 Å². The molecule has 0 fully saturated rings. The largest absolute Gasteiger partial charge is 0.481 e. The number of rotatable bonds is 8. The van der Waals surface area contributed by atoms with Crippen molar-refractivity contribution in [2.24, 2.45) is 5.10 Å². The Hall–Kier alpha value is -4.16. The van der Waals surface area contributed by atoms with E-state index in [1.165, 1.54) is 30.5 Å². The van der Waals surface area contributed by atoms with Crippen LogP contribution in [0, 0.1) is 20.2 Å². The van der Waals surface area contributed by atoms with Gasteiger partial charge in [0.1, 0.15) is 12.4 Å². The van der Waals surface area contributed by atoms with Gasteiger partial charge >= 0.3 is 5.69 Å². The minimum Gasteiger partial charge on any atom is -0.481 e. The van der Waals surface area contributed by atoms with Crippen molar-refractivity contribution >= 4 is 56.0 Å². The average Bonchev–Trinajstić information content (AvgIpc) is 2.87. The summed E-state index contributed by atoms with van der Waals surface area (Å²) in [5.41, 5.74) is 0.0648. The monoisotopic (exact) mass is 599 g/mol. The van der Waals surface area contributed by atoms with Crippen LogP contribution < -0.4 is 10.3 Å². The molecular formula is C25H19BrClN5O6. The number of benzene rings is 3. The third-order valence-electron chi connectivity index (χ3n) is 5.43. The predicted molar refractivity (Wildman–Crippen MR) is 146 cm³/mol. The number of nitro groups is 2. The van der Waals surface area contributed by atoms with E-state index >= 15 is 0 Å². The minimum atomic E-state index is -0.660. The Morgan fingerprint density at radius 2 is 1.89 bits per heavy atom. The second-order valence-corrected chi connectivity index (χ2v) is 9.82. The highest BCUT2D eigenvalue weighted by Crippen LogP contribution is 2.34. The fraction of sp³-hybridized carbons (Fsp3) is 0.160. The van der Waals surface area contributed by atoms with Gasteiger partial charge in [0.2, 0.25) is 5.75 Å². The van der Waals surface area contributed by atoms with Crippen molar-refractivity contribution in [2.75, 3.05) is 0 Å². The lowest BCUT2D eigenvalue weighted by molar-refractivity contribution is -0.386. The lowest BCUT2D eigenvalue weighted by Gasteiger charge is -2.13. The molecule has 38 heavy (non-hydrogen) atoms. The third-order valence-corrected chi connectivity index (χ3v) is 6.14. The topological polar surface area (TPSA) is 143 Å². The highest BCUT2D eigenvalue weighted by Gasteiger charge is 2.22. The molecule has 0 saturated carbocycles. The molecule has 0 aliphatic heterocycles. The summed E-state index contributed by atoms with van der Waals surface area (Å²) in [5.74, 6) is 0.0492. The quantitative estimate of drug-likeness (QED) is 0.133. The van der Waals surface area contributed by atoms with Gasteiger partial charge in [-0.15, -0.1) is 0 Å². The number of non-ortho nitro benzene ring substituents is 1. The SMILES string of the molecule is CC(C)c1nc2ccc(Br)cc2c(=O)n1N=Cc1cc(Cl)cc([N+](=O)[O-])c1OCc1cccc([N+](=O)[O-])c1. The first-order valence-corrected chi connectivity index (χ1v) is 12.3. The Kier molecular flexibility index (Phi) is 7.83. The van der Waals surface area contributed by atoms with Gasteiger partial charge in [-0.1, -0.05) is 53.5 Å². The molecule has 0 radical (unpaired) electrons. The number of fused-ring (bicyclic) bond motifs is 1. The van der Waals surface area contributed by atoms with Gasteiger partial charge in [0.15, 0.2) is 0 Å². The second-order valence-electron chi connectivity index (χ2n) is 8.46. The molecule has 0 aliphatic rings. The molecule has 1 aromatic heterocycles. The van der Waals surface area contributed by atoms with E-state index < -0.39 is 21.1 Å². The van der Waals surface area contributed by atoms with Gasteiger partial charge in [-0.25, -0.2) is 4.98 Å². The molecule has 0 amide bonds. The standard InChI is InChI=1S/C25H19BrClN5O6/c1-14(2)24-29-21-7-6-17(26)10-20(21)25(33)30(24)28-12-16-9-18(27)11-22(32(36)37)23(16)38-13-15-4-3-5-19(8-15)31(34)35/h3-12,14H,13H2,1-2H3. The van der Waals surface area contributed by atoms with E-state index in [4.69, 9.17) is 16.3 Å². The number of nitro benzene ring substituents is 2. The number of hydrogen-bond donors (Lipinski definition) is 0. The molecule has 194 valence electrons. The summed E-state index contributed by atoms with van der Waals surface area (Å²) in [6.07, 6.45) is 1.24. The van der Waals surface area contributed by atoms with E-state index in [2.05, 4.69) is 26.0 Å². The Morgan fingerprint density at radius 1 is 1.13 bits per heavy atom. The van der Waals surface area contributed by atoms with Crippen LogP contribution in [-0.4, -0.2) is 25.7 Å². The minimum absolute atomic E-state index is 0.0536. The number of aromatic nitrogens is 2.